The highest BCUT2D eigenvalue weighted by atomic mass is 79.9. The van der Waals surface area contributed by atoms with Crippen molar-refractivity contribution >= 4 is 27.7 Å². The molecule has 124 valence electrons. The van der Waals surface area contributed by atoms with Crippen molar-refractivity contribution in [1.82, 2.24) is 15.2 Å². The van der Waals surface area contributed by atoms with Crippen molar-refractivity contribution in [2.45, 2.75) is 32.9 Å². The predicted molar refractivity (Wildman–Crippen MR) is 93.2 cm³/mol. The number of halogens is 1. The Hall–Kier alpha value is -1.65. The lowest BCUT2D eigenvalue weighted by Crippen LogP contribution is -2.54. The molecule has 2 rings (SSSR count). The van der Waals surface area contributed by atoms with Gasteiger partial charge in [-0.2, -0.15) is 5.26 Å². The maximum Gasteiger partial charge on any atom is 0.237 e. The number of hydrogen-bond donors (Lipinski definition) is 1. The minimum Gasteiger partial charge on any atom is -0.353 e. The molecule has 1 amide bonds. The van der Waals surface area contributed by atoms with Gasteiger partial charge in [-0.15, -0.1) is 0 Å². The van der Waals surface area contributed by atoms with Crippen LogP contribution in [-0.4, -0.2) is 54.1 Å². The zero-order chi connectivity index (χ0) is 17.0. The first-order chi connectivity index (χ1) is 10.9. The van der Waals surface area contributed by atoms with Crippen LogP contribution in [0.5, 0.6) is 0 Å². The summed E-state index contributed by atoms with van der Waals surface area (Å²) in [5.41, 5.74) is 0.568. The molecule has 1 atom stereocenters. The summed E-state index contributed by atoms with van der Waals surface area (Å²) in [5, 5.41) is 12.2. The van der Waals surface area contributed by atoms with Crippen molar-refractivity contribution in [3.8, 4) is 6.07 Å². The smallest absolute Gasteiger partial charge is 0.237 e. The van der Waals surface area contributed by atoms with E-state index in [4.69, 9.17) is 0 Å². The predicted octanol–water partition coefficient (Wildman–Crippen LogP) is 1.75. The fourth-order valence-electron chi connectivity index (χ4n) is 2.66. The monoisotopic (exact) mass is 379 g/mol. The first kappa shape index (κ1) is 17.7. The quantitative estimate of drug-likeness (QED) is 0.862. The fraction of sp³-hybridized carbons (Fsp3) is 0.562. The van der Waals surface area contributed by atoms with Crippen LogP contribution >= 0.6 is 15.9 Å². The molecule has 1 aliphatic heterocycles. The lowest BCUT2D eigenvalue weighted by Gasteiger charge is -2.38. The molecule has 0 radical (unpaired) electrons. The number of nitrogens with one attached hydrogen (secondary N) is 1. The fourth-order valence-corrected chi connectivity index (χ4v) is 2.99. The lowest BCUT2D eigenvalue weighted by atomic mass is 10.2. The van der Waals surface area contributed by atoms with E-state index < -0.39 is 0 Å². The third-order valence-corrected chi connectivity index (χ3v) is 4.36. The van der Waals surface area contributed by atoms with Crippen molar-refractivity contribution in [1.29, 1.82) is 5.26 Å². The van der Waals surface area contributed by atoms with Gasteiger partial charge in [0.25, 0.3) is 0 Å². The molecule has 2 heterocycles. The summed E-state index contributed by atoms with van der Waals surface area (Å²) in [6.07, 6.45) is 1.71. The van der Waals surface area contributed by atoms with Gasteiger partial charge in [-0.1, -0.05) is 0 Å². The van der Waals surface area contributed by atoms with E-state index in [0.717, 1.165) is 36.5 Å². The molecule has 0 saturated carbocycles. The molecule has 7 heteroatoms. The van der Waals surface area contributed by atoms with Crippen LogP contribution in [0.1, 0.15) is 26.3 Å². The molecule has 23 heavy (non-hydrogen) atoms. The van der Waals surface area contributed by atoms with Gasteiger partial charge in [-0.25, -0.2) is 4.98 Å². The number of anilines is 1. The minimum atomic E-state index is -0.145. The van der Waals surface area contributed by atoms with Crippen molar-refractivity contribution in [2.75, 3.05) is 31.1 Å². The number of rotatable bonds is 4. The van der Waals surface area contributed by atoms with Gasteiger partial charge >= 0.3 is 0 Å². The van der Waals surface area contributed by atoms with Gasteiger partial charge in [-0.05, 0) is 42.8 Å². The molecule has 0 spiro atoms. The zero-order valence-corrected chi connectivity index (χ0v) is 15.3. The standard InChI is InChI=1S/C16H22BrN5O/c1-11(2)20-16(23)12(3)21-4-6-22(7-5-21)15-13(9-18)8-14(17)10-19-15/h8,10-12H,4-7H2,1-3H3,(H,20,23). The number of nitriles is 1. The zero-order valence-electron chi connectivity index (χ0n) is 13.7. The van der Waals surface area contributed by atoms with Gasteiger partial charge in [-0.3, -0.25) is 9.69 Å². The Balaban J connectivity index is 1.99. The van der Waals surface area contributed by atoms with Gasteiger partial charge in [0.1, 0.15) is 11.9 Å². The normalized spacial score (nSPS) is 17.0. The molecule has 0 aromatic carbocycles. The van der Waals surface area contributed by atoms with Crippen LogP contribution in [0.25, 0.3) is 0 Å². The summed E-state index contributed by atoms with van der Waals surface area (Å²) in [4.78, 5) is 20.8. The van der Waals surface area contributed by atoms with E-state index in [1.807, 2.05) is 20.8 Å². The summed E-state index contributed by atoms with van der Waals surface area (Å²) in [7, 11) is 0. The average molecular weight is 380 g/mol. The Morgan fingerprint density at radius 3 is 2.57 bits per heavy atom. The topological polar surface area (TPSA) is 72.3 Å². The molecule has 1 aromatic rings. The van der Waals surface area contributed by atoms with Gasteiger partial charge in [0.15, 0.2) is 0 Å². The van der Waals surface area contributed by atoms with Gasteiger partial charge in [0, 0.05) is 42.9 Å². The van der Waals surface area contributed by atoms with Crippen LogP contribution in [0.4, 0.5) is 5.82 Å². The van der Waals surface area contributed by atoms with E-state index >= 15 is 0 Å². The van der Waals surface area contributed by atoms with E-state index in [0.29, 0.717) is 5.56 Å². The van der Waals surface area contributed by atoms with E-state index in [-0.39, 0.29) is 18.0 Å². The molecule has 1 aromatic heterocycles. The van der Waals surface area contributed by atoms with Crippen LogP contribution in [0.3, 0.4) is 0 Å². The third kappa shape index (κ3) is 4.43. The van der Waals surface area contributed by atoms with Gasteiger partial charge in [0.05, 0.1) is 11.6 Å². The van der Waals surface area contributed by atoms with E-state index in [9.17, 15) is 10.1 Å². The Labute approximate surface area is 145 Å². The number of piperazine rings is 1. The summed E-state index contributed by atoms with van der Waals surface area (Å²) in [6, 6.07) is 3.98. The molecule has 1 fully saturated rings. The average Bonchev–Trinajstić information content (AvgIpc) is 2.53. The third-order valence-electron chi connectivity index (χ3n) is 3.93. The number of aromatic nitrogens is 1. The molecule has 1 saturated heterocycles. The first-order valence-corrected chi connectivity index (χ1v) is 8.56. The summed E-state index contributed by atoms with van der Waals surface area (Å²) in [5.74, 6) is 0.780. The number of carbonyl (C=O) groups excluding carboxylic acids is 1. The maximum atomic E-state index is 12.1. The molecular weight excluding hydrogens is 358 g/mol. The number of hydrogen-bond acceptors (Lipinski definition) is 5. The molecule has 1 N–H and O–H groups in total. The number of pyridine rings is 1. The highest BCUT2D eigenvalue weighted by molar-refractivity contribution is 9.10. The number of amides is 1. The van der Waals surface area contributed by atoms with E-state index in [2.05, 4.69) is 42.1 Å². The van der Waals surface area contributed by atoms with Crippen molar-refractivity contribution in [2.24, 2.45) is 0 Å². The Morgan fingerprint density at radius 1 is 1.35 bits per heavy atom. The Kier molecular flexibility index (Phi) is 5.97. The first-order valence-electron chi connectivity index (χ1n) is 7.77. The summed E-state index contributed by atoms with van der Waals surface area (Å²) >= 11 is 3.34. The van der Waals surface area contributed by atoms with Crippen LogP contribution in [0.2, 0.25) is 0 Å². The second-order valence-electron chi connectivity index (χ2n) is 6.00. The molecule has 0 aliphatic carbocycles. The molecule has 1 aliphatic rings. The molecule has 6 nitrogen and oxygen atoms in total. The lowest BCUT2D eigenvalue weighted by molar-refractivity contribution is -0.126. The molecule has 1 unspecified atom stereocenters. The second kappa shape index (κ2) is 7.75. The van der Waals surface area contributed by atoms with Crippen molar-refractivity contribution in [3.05, 3.63) is 22.3 Å². The summed E-state index contributed by atoms with van der Waals surface area (Å²) < 4.78 is 0.801. The Morgan fingerprint density at radius 2 is 2.00 bits per heavy atom. The molecule has 0 bridgehead atoms. The van der Waals surface area contributed by atoms with Crippen LogP contribution < -0.4 is 10.2 Å². The second-order valence-corrected chi connectivity index (χ2v) is 6.91. The minimum absolute atomic E-state index is 0.0629. The maximum absolute atomic E-state index is 12.1. The van der Waals surface area contributed by atoms with Gasteiger partial charge < -0.3 is 10.2 Å². The SMILES string of the molecule is CC(C)NC(=O)C(C)N1CCN(c2ncc(Br)cc2C#N)CC1. The number of carbonyl (C=O) groups is 1. The van der Waals surface area contributed by atoms with Crippen molar-refractivity contribution in [3.63, 3.8) is 0 Å². The van der Waals surface area contributed by atoms with E-state index in [1.165, 1.54) is 0 Å². The highest BCUT2D eigenvalue weighted by Gasteiger charge is 2.27. The van der Waals surface area contributed by atoms with Gasteiger partial charge in [0.2, 0.25) is 5.91 Å². The van der Waals surface area contributed by atoms with Crippen LogP contribution in [0, 0.1) is 11.3 Å². The van der Waals surface area contributed by atoms with Crippen molar-refractivity contribution < 1.29 is 4.79 Å². The largest absolute Gasteiger partial charge is 0.353 e. The number of nitrogens with zero attached hydrogens (tertiary/aromatic N) is 4. The molecular formula is C16H22BrN5O. The Bertz CT molecular complexity index is 605. The van der Waals surface area contributed by atoms with Crippen LogP contribution in [-0.2, 0) is 4.79 Å². The highest BCUT2D eigenvalue weighted by Crippen LogP contribution is 2.22. The van der Waals surface area contributed by atoms with Crippen LogP contribution in [0.15, 0.2) is 16.7 Å². The summed E-state index contributed by atoms with van der Waals surface area (Å²) in [6.45, 7) is 8.91. The van der Waals surface area contributed by atoms with E-state index in [1.54, 1.807) is 12.3 Å².